The molecule has 1 aliphatic carbocycles. The Hall–Kier alpha value is -2.24. The van der Waals surface area contributed by atoms with Crippen LogP contribution < -0.4 is 14.2 Å². The molecule has 0 radical (unpaired) electrons. The first-order valence-electron chi connectivity index (χ1n) is 12.3. The molecule has 1 aromatic carbocycles. The van der Waals surface area contributed by atoms with Gasteiger partial charge in [-0.05, 0) is 43.7 Å². The third kappa shape index (κ3) is 4.46. The number of rotatable bonds is 6. The van der Waals surface area contributed by atoms with Gasteiger partial charge in [0.15, 0.2) is 17.3 Å². The smallest absolute Gasteiger partial charge is 0.225 e. The topological polar surface area (TPSA) is 65.1 Å². The van der Waals surface area contributed by atoms with Crippen LogP contribution in [0.15, 0.2) is 12.1 Å². The molecule has 2 heterocycles. The van der Waals surface area contributed by atoms with E-state index in [1.165, 1.54) is 32.1 Å². The number of unbranched alkanes of at least 4 members (excludes halogenated alkanes) is 1. The Kier molecular flexibility index (Phi) is 6.96. The molecular formula is C26H37NO5. The van der Waals surface area contributed by atoms with E-state index in [1.807, 2.05) is 4.90 Å². The molecule has 6 heteroatoms. The SMILES string of the molecule is CCCCC1CCC(C(=O)N2CCC3(CC2)CC(=O)c2ccc(OC)c(OC)c2O3)CC1. The molecule has 6 nitrogen and oxygen atoms in total. The van der Waals surface area contributed by atoms with E-state index in [0.29, 0.717) is 61.1 Å². The minimum Gasteiger partial charge on any atom is -0.493 e. The lowest BCUT2D eigenvalue weighted by Crippen LogP contribution is -2.53. The predicted molar refractivity (Wildman–Crippen MR) is 123 cm³/mol. The molecule has 0 aromatic heterocycles. The Morgan fingerprint density at radius 3 is 2.47 bits per heavy atom. The Morgan fingerprint density at radius 1 is 1.12 bits per heavy atom. The lowest BCUT2D eigenvalue weighted by atomic mass is 9.78. The van der Waals surface area contributed by atoms with Crippen molar-refractivity contribution in [3.8, 4) is 17.2 Å². The van der Waals surface area contributed by atoms with E-state index in [9.17, 15) is 9.59 Å². The number of fused-ring (bicyclic) bond motifs is 1. The maximum Gasteiger partial charge on any atom is 0.225 e. The highest BCUT2D eigenvalue weighted by molar-refractivity contribution is 6.01. The summed E-state index contributed by atoms with van der Waals surface area (Å²) in [6.45, 7) is 3.53. The van der Waals surface area contributed by atoms with Crippen LogP contribution in [0.2, 0.25) is 0 Å². The van der Waals surface area contributed by atoms with Crippen LogP contribution >= 0.6 is 0 Å². The van der Waals surface area contributed by atoms with Crippen molar-refractivity contribution in [1.82, 2.24) is 4.90 Å². The molecule has 32 heavy (non-hydrogen) atoms. The number of likely N-dealkylation sites (tertiary alicyclic amines) is 1. The molecule has 1 amide bonds. The van der Waals surface area contributed by atoms with Crippen molar-refractivity contribution in [2.75, 3.05) is 27.3 Å². The number of amides is 1. The Balaban J connectivity index is 1.39. The van der Waals surface area contributed by atoms with Crippen molar-refractivity contribution in [2.24, 2.45) is 11.8 Å². The maximum absolute atomic E-state index is 13.2. The third-order valence-corrected chi connectivity index (χ3v) is 7.75. The molecule has 0 unspecified atom stereocenters. The number of benzene rings is 1. The molecule has 1 aromatic rings. The molecule has 0 atom stereocenters. The van der Waals surface area contributed by atoms with Crippen molar-refractivity contribution < 1.29 is 23.8 Å². The molecule has 0 bridgehead atoms. The van der Waals surface area contributed by atoms with E-state index < -0.39 is 5.60 Å². The van der Waals surface area contributed by atoms with Gasteiger partial charge in [-0.3, -0.25) is 9.59 Å². The van der Waals surface area contributed by atoms with Gasteiger partial charge in [-0.25, -0.2) is 0 Å². The minimum absolute atomic E-state index is 0.0670. The monoisotopic (exact) mass is 443 g/mol. The van der Waals surface area contributed by atoms with Crippen molar-refractivity contribution in [3.05, 3.63) is 17.7 Å². The van der Waals surface area contributed by atoms with Crippen LogP contribution in [0.4, 0.5) is 0 Å². The van der Waals surface area contributed by atoms with Crippen LogP contribution in [0.25, 0.3) is 0 Å². The summed E-state index contributed by atoms with van der Waals surface area (Å²) < 4.78 is 17.4. The zero-order valence-corrected chi connectivity index (χ0v) is 19.8. The zero-order valence-electron chi connectivity index (χ0n) is 19.8. The van der Waals surface area contributed by atoms with Crippen LogP contribution in [-0.2, 0) is 4.79 Å². The van der Waals surface area contributed by atoms with Gasteiger partial charge in [0, 0.05) is 31.8 Å². The van der Waals surface area contributed by atoms with Gasteiger partial charge in [0.25, 0.3) is 0 Å². The summed E-state index contributed by atoms with van der Waals surface area (Å²) in [5, 5.41) is 0. The Bertz CT molecular complexity index is 835. The molecule has 4 rings (SSSR count). The standard InChI is InChI=1S/C26H37NO5/c1-4-5-6-18-7-9-19(10-8-18)25(29)27-15-13-26(14-16-27)17-21(28)20-11-12-22(30-2)24(31-3)23(20)32-26/h11-12,18-19H,4-10,13-17H2,1-3H3. The Labute approximate surface area is 191 Å². The average molecular weight is 444 g/mol. The zero-order chi connectivity index (χ0) is 22.7. The third-order valence-electron chi connectivity index (χ3n) is 7.75. The highest BCUT2D eigenvalue weighted by atomic mass is 16.5. The van der Waals surface area contributed by atoms with E-state index in [4.69, 9.17) is 14.2 Å². The van der Waals surface area contributed by atoms with E-state index >= 15 is 0 Å². The largest absolute Gasteiger partial charge is 0.493 e. The summed E-state index contributed by atoms with van der Waals surface area (Å²) in [5.74, 6) is 2.84. The van der Waals surface area contributed by atoms with Crippen LogP contribution in [0.3, 0.4) is 0 Å². The quantitative estimate of drug-likeness (QED) is 0.617. The number of ketones is 1. The average Bonchev–Trinajstić information content (AvgIpc) is 2.82. The summed E-state index contributed by atoms with van der Waals surface area (Å²) in [7, 11) is 3.14. The molecule has 1 saturated heterocycles. The lowest BCUT2D eigenvalue weighted by molar-refractivity contribution is -0.140. The van der Waals surface area contributed by atoms with Gasteiger partial charge in [0.05, 0.1) is 26.2 Å². The highest BCUT2D eigenvalue weighted by Crippen LogP contribution is 2.48. The van der Waals surface area contributed by atoms with Crippen molar-refractivity contribution >= 4 is 11.7 Å². The first-order chi connectivity index (χ1) is 15.5. The van der Waals surface area contributed by atoms with Gasteiger partial charge in [0.2, 0.25) is 11.7 Å². The number of methoxy groups -OCH3 is 2. The van der Waals surface area contributed by atoms with Crippen molar-refractivity contribution in [1.29, 1.82) is 0 Å². The second-order valence-electron chi connectivity index (χ2n) is 9.75. The minimum atomic E-state index is -0.571. The molecular weight excluding hydrogens is 406 g/mol. The summed E-state index contributed by atoms with van der Waals surface area (Å²) in [6.07, 6.45) is 9.95. The van der Waals surface area contributed by atoms with E-state index in [1.54, 1.807) is 26.4 Å². The number of ether oxygens (including phenoxy) is 3. The van der Waals surface area contributed by atoms with Crippen LogP contribution in [0.1, 0.15) is 81.5 Å². The normalized spacial score (nSPS) is 24.6. The second kappa shape index (κ2) is 9.72. The number of piperidine rings is 1. The number of hydrogen-bond donors (Lipinski definition) is 0. The fraction of sp³-hybridized carbons (Fsp3) is 0.692. The van der Waals surface area contributed by atoms with Gasteiger partial charge in [-0.15, -0.1) is 0 Å². The second-order valence-corrected chi connectivity index (χ2v) is 9.75. The van der Waals surface area contributed by atoms with E-state index in [0.717, 1.165) is 18.8 Å². The summed E-state index contributed by atoms with van der Waals surface area (Å²) in [6, 6.07) is 3.50. The van der Waals surface area contributed by atoms with E-state index in [2.05, 4.69) is 6.92 Å². The number of carbonyl (C=O) groups is 2. The molecule has 1 spiro atoms. The summed E-state index contributed by atoms with van der Waals surface area (Å²) in [5.41, 5.74) is -0.0233. The van der Waals surface area contributed by atoms with Gasteiger partial charge < -0.3 is 19.1 Å². The first kappa shape index (κ1) is 22.9. The van der Waals surface area contributed by atoms with E-state index in [-0.39, 0.29) is 11.7 Å². The van der Waals surface area contributed by atoms with Gasteiger partial charge >= 0.3 is 0 Å². The van der Waals surface area contributed by atoms with Crippen LogP contribution in [-0.4, -0.2) is 49.5 Å². The molecule has 176 valence electrons. The number of carbonyl (C=O) groups excluding carboxylic acids is 2. The first-order valence-corrected chi connectivity index (χ1v) is 12.3. The summed E-state index contributed by atoms with van der Waals surface area (Å²) >= 11 is 0. The van der Waals surface area contributed by atoms with Gasteiger partial charge in [-0.2, -0.15) is 0 Å². The predicted octanol–water partition coefficient (Wildman–Crippen LogP) is 5.03. The number of hydrogen-bond acceptors (Lipinski definition) is 5. The molecule has 2 fully saturated rings. The van der Waals surface area contributed by atoms with Gasteiger partial charge in [-0.1, -0.05) is 26.2 Å². The van der Waals surface area contributed by atoms with Crippen molar-refractivity contribution in [2.45, 2.75) is 76.7 Å². The summed E-state index contributed by atoms with van der Waals surface area (Å²) in [4.78, 5) is 28.1. The Morgan fingerprint density at radius 2 is 1.84 bits per heavy atom. The van der Waals surface area contributed by atoms with Gasteiger partial charge in [0.1, 0.15) is 5.60 Å². The maximum atomic E-state index is 13.2. The highest BCUT2D eigenvalue weighted by Gasteiger charge is 2.45. The fourth-order valence-corrected chi connectivity index (χ4v) is 5.72. The number of nitrogens with zero attached hydrogens (tertiary/aromatic N) is 1. The fourth-order valence-electron chi connectivity index (χ4n) is 5.72. The molecule has 0 N–H and O–H groups in total. The number of Topliss-reactive ketones (excluding diaryl/α,β-unsaturated/α-hetero) is 1. The molecule has 2 aliphatic heterocycles. The van der Waals surface area contributed by atoms with Crippen LogP contribution in [0, 0.1) is 11.8 Å². The van der Waals surface area contributed by atoms with Crippen molar-refractivity contribution in [3.63, 3.8) is 0 Å². The van der Waals surface area contributed by atoms with Crippen LogP contribution in [0.5, 0.6) is 17.2 Å². The lowest BCUT2D eigenvalue weighted by Gasteiger charge is -2.45. The molecule has 1 saturated carbocycles. The molecule has 3 aliphatic rings.